The van der Waals surface area contributed by atoms with Gasteiger partial charge in [0.2, 0.25) is 0 Å². The molecule has 16 heavy (non-hydrogen) atoms. The molecule has 0 unspecified atom stereocenters. The van der Waals surface area contributed by atoms with E-state index in [-0.39, 0.29) is 29.7 Å². The van der Waals surface area contributed by atoms with Crippen LogP contribution in [0.25, 0.3) is 0 Å². The molecule has 1 rings (SSSR count). The van der Waals surface area contributed by atoms with Crippen molar-refractivity contribution in [2.75, 3.05) is 14.2 Å². The second kappa shape index (κ2) is 7.15. The summed E-state index contributed by atoms with van der Waals surface area (Å²) in [6.45, 7) is 0.409. The summed E-state index contributed by atoms with van der Waals surface area (Å²) >= 11 is 0. The highest BCUT2D eigenvalue weighted by atomic mass is 127. The maximum absolute atomic E-state index is 9.54. The van der Waals surface area contributed by atoms with Crippen LogP contribution in [0.15, 0.2) is 23.2 Å². The van der Waals surface area contributed by atoms with Crippen molar-refractivity contribution in [3.05, 3.63) is 23.8 Å². The zero-order valence-electron chi connectivity index (χ0n) is 9.23. The number of nitrogens with one attached hydrogen (secondary N) is 1. The van der Waals surface area contributed by atoms with Gasteiger partial charge in [-0.2, -0.15) is 0 Å². The van der Waals surface area contributed by atoms with Crippen LogP contribution in [0.4, 0.5) is 0 Å². The molecule has 90 valence electrons. The van der Waals surface area contributed by atoms with Crippen LogP contribution in [0.3, 0.4) is 0 Å². The minimum Gasteiger partial charge on any atom is -0.508 e. The molecule has 1 aromatic rings. The molecule has 0 aliphatic heterocycles. The molecule has 0 atom stereocenters. The summed E-state index contributed by atoms with van der Waals surface area (Å²) in [5.74, 6) is 1.22. The minimum atomic E-state index is 0. The molecule has 0 fully saturated rings. The van der Waals surface area contributed by atoms with E-state index in [1.807, 2.05) is 0 Å². The van der Waals surface area contributed by atoms with Crippen molar-refractivity contribution in [2.24, 2.45) is 10.7 Å². The summed E-state index contributed by atoms with van der Waals surface area (Å²) in [6.07, 6.45) is 0. The molecule has 0 saturated carbocycles. The lowest BCUT2D eigenvalue weighted by molar-refractivity contribution is 0.410. The van der Waals surface area contributed by atoms with Crippen LogP contribution in [0.5, 0.6) is 11.5 Å². The first-order chi connectivity index (χ1) is 7.17. The van der Waals surface area contributed by atoms with E-state index in [1.54, 1.807) is 32.4 Å². The van der Waals surface area contributed by atoms with E-state index in [1.165, 1.54) is 0 Å². The Balaban J connectivity index is 0.00000225. The molecule has 6 heteroatoms. The second-order valence-electron chi connectivity index (χ2n) is 2.96. The number of aliphatic imine (C=N–C) groups is 1. The number of benzene rings is 1. The molecule has 0 aliphatic rings. The van der Waals surface area contributed by atoms with Crippen LogP contribution in [0.1, 0.15) is 5.56 Å². The third-order valence-corrected chi connectivity index (χ3v) is 1.99. The summed E-state index contributed by atoms with van der Waals surface area (Å²) in [5, 5.41) is 12.4. The fourth-order valence-corrected chi connectivity index (χ4v) is 1.10. The van der Waals surface area contributed by atoms with Crippen molar-refractivity contribution in [1.82, 2.24) is 5.32 Å². The summed E-state index contributed by atoms with van der Waals surface area (Å²) in [6, 6.07) is 5.01. The van der Waals surface area contributed by atoms with Gasteiger partial charge in [0.25, 0.3) is 0 Å². The number of hydrogen-bond donors (Lipinski definition) is 3. The number of phenolic OH excluding ortho intramolecular Hbond substituents is 1. The quantitative estimate of drug-likeness (QED) is 0.438. The van der Waals surface area contributed by atoms with Crippen LogP contribution in [-0.2, 0) is 6.54 Å². The standard InChI is InChI=1S/C10H15N3O2.HI/c1-12-10(11)13-6-7-5-8(15-2)3-4-9(7)14;/h3-5,14H,6H2,1-2H3,(H3,11,12,13);1H. The summed E-state index contributed by atoms with van der Waals surface area (Å²) < 4.78 is 5.04. The molecule has 0 bridgehead atoms. The molecule has 0 aliphatic carbocycles. The largest absolute Gasteiger partial charge is 0.508 e. The number of halogens is 1. The second-order valence-corrected chi connectivity index (χ2v) is 2.96. The number of ether oxygens (including phenoxy) is 1. The molecule has 1 aromatic carbocycles. The summed E-state index contributed by atoms with van der Waals surface area (Å²) in [7, 11) is 3.17. The van der Waals surface area contributed by atoms with Crippen LogP contribution in [-0.4, -0.2) is 25.2 Å². The average Bonchev–Trinajstić information content (AvgIpc) is 2.27. The van der Waals surface area contributed by atoms with Gasteiger partial charge in [0.05, 0.1) is 7.11 Å². The predicted molar refractivity (Wildman–Crippen MR) is 74.5 cm³/mol. The van der Waals surface area contributed by atoms with E-state index in [0.29, 0.717) is 23.8 Å². The first-order valence-corrected chi connectivity index (χ1v) is 4.49. The predicted octanol–water partition coefficient (Wildman–Crippen LogP) is 1.05. The third kappa shape index (κ3) is 4.13. The Morgan fingerprint density at radius 2 is 2.25 bits per heavy atom. The molecule has 0 aromatic heterocycles. The minimum absolute atomic E-state index is 0. The van der Waals surface area contributed by atoms with Gasteiger partial charge in [-0.1, -0.05) is 0 Å². The third-order valence-electron chi connectivity index (χ3n) is 1.99. The molecular weight excluding hydrogens is 321 g/mol. The highest BCUT2D eigenvalue weighted by molar-refractivity contribution is 14.0. The summed E-state index contributed by atoms with van der Waals surface area (Å²) in [5.41, 5.74) is 6.18. The Kier molecular flexibility index (Phi) is 6.63. The van der Waals surface area contributed by atoms with Crippen molar-refractivity contribution >= 4 is 29.9 Å². The number of phenols is 1. The number of methoxy groups -OCH3 is 1. The van der Waals surface area contributed by atoms with Crippen molar-refractivity contribution in [3.8, 4) is 11.5 Å². The van der Waals surface area contributed by atoms with Crippen molar-refractivity contribution in [1.29, 1.82) is 0 Å². The number of rotatable bonds is 3. The van der Waals surface area contributed by atoms with E-state index in [4.69, 9.17) is 10.5 Å². The molecule has 0 amide bonds. The first kappa shape index (κ1) is 14.8. The van der Waals surface area contributed by atoms with E-state index in [9.17, 15) is 5.11 Å². The zero-order valence-corrected chi connectivity index (χ0v) is 11.6. The van der Waals surface area contributed by atoms with Crippen molar-refractivity contribution in [3.63, 3.8) is 0 Å². The van der Waals surface area contributed by atoms with Crippen LogP contribution >= 0.6 is 24.0 Å². The molecule has 0 heterocycles. The maximum Gasteiger partial charge on any atom is 0.188 e. The Morgan fingerprint density at radius 3 is 2.81 bits per heavy atom. The van der Waals surface area contributed by atoms with Gasteiger partial charge in [-0.15, -0.1) is 24.0 Å². The van der Waals surface area contributed by atoms with Gasteiger partial charge < -0.3 is 20.9 Å². The number of nitrogens with two attached hydrogens (primary N) is 1. The Labute approximate surface area is 112 Å². The highest BCUT2D eigenvalue weighted by Gasteiger charge is 2.03. The van der Waals surface area contributed by atoms with E-state index < -0.39 is 0 Å². The van der Waals surface area contributed by atoms with Gasteiger partial charge in [0, 0.05) is 19.2 Å². The SMILES string of the molecule is CN=C(N)NCc1cc(OC)ccc1O.I. The van der Waals surface area contributed by atoms with Crippen LogP contribution < -0.4 is 15.8 Å². The highest BCUT2D eigenvalue weighted by Crippen LogP contribution is 2.22. The van der Waals surface area contributed by atoms with Crippen molar-refractivity contribution < 1.29 is 9.84 Å². The lowest BCUT2D eigenvalue weighted by Crippen LogP contribution is -2.30. The maximum atomic E-state index is 9.54. The normalized spacial score (nSPS) is 10.5. The Bertz CT molecular complexity index is 369. The molecular formula is C10H16IN3O2. The molecule has 0 radical (unpaired) electrons. The molecule has 5 nitrogen and oxygen atoms in total. The van der Waals surface area contributed by atoms with Gasteiger partial charge in [-0.05, 0) is 18.2 Å². The number of nitrogens with zero attached hydrogens (tertiary/aromatic N) is 1. The Morgan fingerprint density at radius 1 is 1.56 bits per heavy atom. The smallest absolute Gasteiger partial charge is 0.188 e. The molecule has 0 spiro atoms. The average molecular weight is 337 g/mol. The number of hydrogen-bond acceptors (Lipinski definition) is 3. The van der Waals surface area contributed by atoms with Gasteiger partial charge >= 0.3 is 0 Å². The fourth-order valence-electron chi connectivity index (χ4n) is 1.10. The van der Waals surface area contributed by atoms with Gasteiger partial charge in [-0.25, -0.2) is 0 Å². The topological polar surface area (TPSA) is 79.9 Å². The van der Waals surface area contributed by atoms with E-state index in [0.717, 1.165) is 0 Å². The fraction of sp³-hybridized carbons (Fsp3) is 0.300. The van der Waals surface area contributed by atoms with E-state index in [2.05, 4.69) is 10.3 Å². The van der Waals surface area contributed by atoms with Crippen LogP contribution in [0.2, 0.25) is 0 Å². The van der Waals surface area contributed by atoms with E-state index >= 15 is 0 Å². The number of aromatic hydroxyl groups is 1. The van der Waals surface area contributed by atoms with Gasteiger partial charge in [0.15, 0.2) is 5.96 Å². The van der Waals surface area contributed by atoms with Crippen LogP contribution in [0, 0.1) is 0 Å². The lowest BCUT2D eigenvalue weighted by atomic mass is 10.2. The first-order valence-electron chi connectivity index (χ1n) is 4.49. The van der Waals surface area contributed by atoms with Crippen molar-refractivity contribution in [2.45, 2.75) is 6.54 Å². The number of guanidine groups is 1. The zero-order chi connectivity index (χ0) is 11.3. The molecule has 0 saturated heterocycles. The summed E-state index contributed by atoms with van der Waals surface area (Å²) in [4.78, 5) is 3.75. The van der Waals surface area contributed by atoms with Gasteiger partial charge in [0.1, 0.15) is 11.5 Å². The Hall–Kier alpha value is -1.18. The van der Waals surface area contributed by atoms with Gasteiger partial charge in [-0.3, -0.25) is 4.99 Å². The monoisotopic (exact) mass is 337 g/mol. The molecule has 4 N–H and O–H groups in total. The lowest BCUT2D eigenvalue weighted by Gasteiger charge is -2.08.